The van der Waals surface area contributed by atoms with Gasteiger partial charge in [0.15, 0.2) is 0 Å². The van der Waals surface area contributed by atoms with Crippen molar-refractivity contribution >= 4 is 8.07 Å². The number of hydrogen-bond donors (Lipinski definition) is 0. The van der Waals surface area contributed by atoms with Crippen molar-refractivity contribution in [2.24, 2.45) is 0 Å². The van der Waals surface area contributed by atoms with Crippen molar-refractivity contribution in [3.63, 3.8) is 0 Å². The maximum absolute atomic E-state index is 3.94. The van der Waals surface area contributed by atoms with Gasteiger partial charge in [-0.1, -0.05) is 82.3 Å². The largest absolute Gasteiger partial charge is 0.107 e. The van der Waals surface area contributed by atoms with Crippen molar-refractivity contribution in [2.75, 3.05) is 0 Å². The van der Waals surface area contributed by atoms with E-state index in [9.17, 15) is 0 Å². The molecule has 0 aromatic carbocycles. The first kappa shape index (κ1) is 15.7. The Kier molecular flexibility index (Phi) is 9.70. The van der Waals surface area contributed by atoms with Crippen LogP contribution in [0.25, 0.3) is 0 Å². The summed E-state index contributed by atoms with van der Waals surface area (Å²) in [6.07, 6.45) is 11.3. The summed E-state index contributed by atoms with van der Waals surface area (Å²) < 4.78 is 0. The minimum absolute atomic E-state index is 1.25. The van der Waals surface area contributed by atoms with Gasteiger partial charge in [-0.25, -0.2) is 0 Å². The van der Waals surface area contributed by atoms with Crippen LogP contribution < -0.4 is 0 Å². The molecule has 0 bridgehead atoms. The lowest BCUT2D eigenvalue weighted by Gasteiger charge is -2.17. The van der Waals surface area contributed by atoms with Crippen molar-refractivity contribution in [2.45, 2.75) is 70.9 Å². The second-order valence-electron chi connectivity index (χ2n) is 5.14. The first-order valence-corrected chi connectivity index (χ1v) is 9.82. The number of rotatable bonds is 11. The van der Waals surface area contributed by atoms with Gasteiger partial charge in [0, 0.05) is 0 Å². The molecule has 0 unspecified atom stereocenters. The van der Waals surface area contributed by atoms with E-state index >= 15 is 0 Å². The molecule has 0 fully saturated rings. The Labute approximate surface area is 104 Å². The van der Waals surface area contributed by atoms with Crippen LogP contribution in [0.2, 0.25) is 12.6 Å². The zero-order valence-electron chi connectivity index (χ0n) is 11.4. The molecule has 1 heteroatoms. The first-order chi connectivity index (χ1) is 7.68. The van der Waals surface area contributed by atoms with Gasteiger partial charge in [-0.05, 0) is 0 Å². The highest BCUT2D eigenvalue weighted by Gasteiger charge is 2.17. The maximum Gasteiger partial charge on any atom is 0.0973 e. The molecule has 0 aliphatic rings. The molecule has 94 valence electrons. The Morgan fingerprint density at radius 3 is 1.69 bits per heavy atom. The molecule has 0 amide bonds. The summed E-state index contributed by atoms with van der Waals surface area (Å²) in [6, 6.07) is 1.34. The van der Waals surface area contributed by atoms with E-state index in [1.807, 2.05) is 0 Å². The molecular weight excluding hydrogens is 208 g/mol. The van der Waals surface area contributed by atoms with Crippen LogP contribution in [0, 0.1) is 0 Å². The van der Waals surface area contributed by atoms with Gasteiger partial charge in [0.1, 0.15) is 0 Å². The van der Waals surface area contributed by atoms with Crippen LogP contribution in [0.4, 0.5) is 0 Å². The predicted octanol–water partition coefficient (Wildman–Crippen LogP) is 5.66. The molecule has 0 radical (unpaired) electrons. The van der Waals surface area contributed by atoms with E-state index in [4.69, 9.17) is 0 Å². The van der Waals surface area contributed by atoms with Crippen molar-refractivity contribution < 1.29 is 0 Å². The third kappa shape index (κ3) is 7.92. The molecule has 0 nitrogen and oxygen atoms in total. The topological polar surface area (TPSA) is 0 Å². The first-order valence-electron chi connectivity index (χ1n) is 6.95. The summed E-state index contributed by atoms with van der Waals surface area (Å²) in [5.41, 5.74) is 4.34. The van der Waals surface area contributed by atoms with E-state index in [-0.39, 0.29) is 0 Å². The van der Waals surface area contributed by atoms with E-state index in [1.54, 1.807) is 0 Å². The Morgan fingerprint density at radius 2 is 1.25 bits per heavy atom. The van der Waals surface area contributed by atoms with Gasteiger partial charge in [0.25, 0.3) is 0 Å². The van der Waals surface area contributed by atoms with Gasteiger partial charge in [-0.3, -0.25) is 0 Å². The Hall–Kier alpha value is -0.303. The van der Waals surface area contributed by atoms with Gasteiger partial charge in [-0.15, -0.1) is 13.2 Å². The zero-order valence-corrected chi connectivity index (χ0v) is 12.4. The van der Waals surface area contributed by atoms with Crippen molar-refractivity contribution in [3.05, 3.63) is 24.6 Å². The Morgan fingerprint density at radius 1 is 0.812 bits per heavy atom. The standard InChI is InChI=1S/C15H30Si/c1-5-8-9-10-11-12-13-14-15-16(4,6-2)7-3/h6-7H,2-3,5,8-15H2,1,4H3. The highest BCUT2D eigenvalue weighted by molar-refractivity contribution is 6.87. The lowest BCUT2D eigenvalue weighted by atomic mass is 10.1. The highest BCUT2D eigenvalue weighted by Crippen LogP contribution is 2.18. The van der Waals surface area contributed by atoms with E-state index in [0.717, 1.165) is 0 Å². The van der Waals surface area contributed by atoms with Crippen LogP contribution in [0.5, 0.6) is 0 Å². The second kappa shape index (κ2) is 9.89. The fourth-order valence-electron chi connectivity index (χ4n) is 1.93. The SMILES string of the molecule is C=C[Si](C)(C=C)CCCCCCCCCC. The Bertz CT molecular complexity index is 176. The summed E-state index contributed by atoms with van der Waals surface area (Å²) in [5.74, 6) is 0. The molecule has 0 atom stereocenters. The summed E-state index contributed by atoms with van der Waals surface area (Å²) >= 11 is 0. The maximum atomic E-state index is 3.94. The van der Waals surface area contributed by atoms with E-state index in [1.165, 1.54) is 57.4 Å². The molecule has 0 spiro atoms. The van der Waals surface area contributed by atoms with E-state index in [2.05, 4.69) is 38.0 Å². The number of unbranched alkanes of at least 4 members (excludes halogenated alkanes) is 7. The average molecular weight is 238 g/mol. The van der Waals surface area contributed by atoms with E-state index in [0.29, 0.717) is 0 Å². The molecule has 16 heavy (non-hydrogen) atoms. The summed E-state index contributed by atoms with van der Waals surface area (Å²) in [4.78, 5) is 0. The zero-order chi connectivity index (χ0) is 12.3. The fourth-order valence-corrected chi connectivity index (χ4v) is 3.51. The van der Waals surface area contributed by atoms with E-state index < -0.39 is 8.07 Å². The fraction of sp³-hybridized carbons (Fsp3) is 0.733. The van der Waals surface area contributed by atoms with Crippen LogP contribution in [0.1, 0.15) is 58.3 Å². The smallest absolute Gasteiger partial charge is 0.0973 e. The van der Waals surface area contributed by atoms with Crippen LogP contribution in [-0.4, -0.2) is 8.07 Å². The van der Waals surface area contributed by atoms with Gasteiger partial charge in [0.05, 0.1) is 8.07 Å². The molecule has 0 N–H and O–H groups in total. The predicted molar refractivity (Wildman–Crippen MR) is 79.4 cm³/mol. The van der Waals surface area contributed by atoms with Gasteiger partial charge in [0.2, 0.25) is 0 Å². The van der Waals surface area contributed by atoms with Crippen molar-refractivity contribution in [1.29, 1.82) is 0 Å². The summed E-state index contributed by atoms with van der Waals surface area (Å²) in [5, 5.41) is 0. The molecule has 0 aromatic rings. The van der Waals surface area contributed by atoms with Gasteiger partial charge in [-0.2, -0.15) is 0 Å². The lowest BCUT2D eigenvalue weighted by molar-refractivity contribution is 0.584. The highest BCUT2D eigenvalue weighted by atomic mass is 28.3. The molecule has 0 saturated carbocycles. The van der Waals surface area contributed by atoms with Gasteiger partial charge >= 0.3 is 0 Å². The monoisotopic (exact) mass is 238 g/mol. The Balaban J connectivity index is 3.33. The molecule has 0 rings (SSSR count). The normalized spacial score (nSPS) is 11.4. The average Bonchev–Trinajstić information content (AvgIpc) is 2.32. The molecular formula is C15H30Si. The third-order valence-corrected chi connectivity index (χ3v) is 6.80. The van der Waals surface area contributed by atoms with Crippen molar-refractivity contribution in [1.82, 2.24) is 0 Å². The minimum atomic E-state index is -1.25. The second-order valence-corrected chi connectivity index (χ2v) is 9.47. The van der Waals surface area contributed by atoms with Crippen LogP contribution >= 0.6 is 0 Å². The molecule has 0 aliphatic heterocycles. The summed E-state index contributed by atoms with van der Waals surface area (Å²) in [6.45, 7) is 12.5. The molecule has 0 aromatic heterocycles. The quantitative estimate of drug-likeness (QED) is 0.322. The lowest BCUT2D eigenvalue weighted by Crippen LogP contribution is -2.23. The minimum Gasteiger partial charge on any atom is -0.107 e. The van der Waals surface area contributed by atoms with Crippen LogP contribution in [-0.2, 0) is 0 Å². The van der Waals surface area contributed by atoms with Crippen LogP contribution in [0.3, 0.4) is 0 Å². The number of hydrogen-bond acceptors (Lipinski definition) is 0. The van der Waals surface area contributed by atoms with Crippen molar-refractivity contribution in [3.8, 4) is 0 Å². The molecule has 0 heterocycles. The third-order valence-electron chi connectivity index (χ3n) is 3.50. The molecule has 0 saturated heterocycles. The van der Waals surface area contributed by atoms with Crippen LogP contribution in [0.15, 0.2) is 24.6 Å². The molecule has 0 aliphatic carbocycles. The van der Waals surface area contributed by atoms with Gasteiger partial charge < -0.3 is 0 Å². The summed E-state index contributed by atoms with van der Waals surface area (Å²) in [7, 11) is -1.25.